The summed E-state index contributed by atoms with van der Waals surface area (Å²) in [6.45, 7) is 2.94. The maximum Gasteiger partial charge on any atom is 0.268 e. The number of H-pyrrole nitrogens is 1. The molecule has 6 aromatic rings. The number of nitrogens with zero attached hydrogens (tertiary/aromatic N) is 2. The predicted octanol–water partition coefficient (Wildman–Crippen LogP) is 7.18. The van der Waals surface area contributed by atoms with E-state index in [1.807, 2.05) is 79.0 Å². The number of carbonyl (C=O) groups excluding carboxylic acids is 1. The fraction of sp³-hybridized carbons (Fsp3) is 0.114. The lowest BCUT2D eigenvalue weighted by molar-refractivity contribution is -0.496. The molecule has 5 N–H and O–H groups in total. The molecule has 1 aliphatic heterocycles. The Hall–Kier alpha value is -6.62. The Morgan fingerprint density at radius 3 is 2.39 bits per heavy atom. The van der Waals surface area contributed by atoms with Crippen LogP contribution in [0, 0.1) is 5.21 Å². The summed E-state index contributed by atoms with van der Waals surface area (Å²) in [4.78, 5) is 21.5. The highest BCUT2D eigenvalue weighted by Crippen LogP contribution is 2.35. The number of aromatic nitrogens is 1. The number of carbonyl (C=O) groups is 1. The molecule has 1 saturated heterocycles. The minimum absolute atomic E-state index is 0.0318. The summed E-state index contributed by atoms with van der Waals surface area (Å²) in [5.41, 5.74) is 12.1. The molecule has 0 spiro atoms. The Labute approximate surface area is 324 Å². The molecular weight excluding hydrogens is 725 g/mol. The van der Waals surface area contributed by atoms with Gasteiger partial charge in [0.05, 0.1) is 16.5 Å². The topological polar surface area (TPSA) is 146 Å². The molecular formula is C44H38N6O5S. The van der Waals surface area contributed by atoms with Gasteiger partial charge in [-0.3, -0.25) is 9.69 Å². The summed E-state index contributed by atoms with van der Waals surface area (Å²) in [5, 5.41) is 16.1. The first-order valence-electron chi connectivity index (χ1n) is 18.1. The molecule has 1 aliphatic carbocycles. The second-order valence-corrected chi connectivity index (χ2v) is 15.1. The van der Waals surface area contributed by atoms with Crippen molar-refractivity contribution in [2.45, 2.75) is 10.9 Å². The first-order chi connectivity index (χ1) is 27.3. The molecule has 1 atom stereocenters. The van der Waals surface area contributed by atoms with Gasteiger partial charge in [-0.2, -0.15) is 0 Å². The van der Waals surface area contributed by atoms with Gasteiger partial charge >= 0.3 is 0 Å². The van der Waals surface area contributed by atoms with Gasteiger partial charge in [-0.15, -0.1) is 0 Å². The van der Waals surface area contributed by atoms with Crippen LogP contribution in [-0.4, -0.2) is 50.4 Å². The third-order valence-corrected chi connectivity index (χ3v) is 11.2. The highest BCUT2D eigenvalue weighted by Gasteiger charge is 2.29. The Morgan fingerprint density at radius 1 is 0.857 bits per heavy atom. The smallest absolute Gasteiger partial charge is 0.268 e. The largest absolute Gasteiger partial charge is 0.630 e. The lowest BCUT2D eigenvalue weighted by atomic mass is 9.95. The Kier molecular flexibility index (Phi) is 10.4. The fourth-order valence-corrected chi connectivity index (χ4v) is 8.05. The van der Waals surface area contributed by atoms with Crippen LogP contribution in [0.4, 0.5) is 22.7 Å². The van der Waals surface area contributed by atoms with Gasteiger partial charge in [0.15, 0.2) is 5.69 Å². The zero-order valence-corrected chi connectivity index (χ0v) is 31.0. The van der Waals surface area contributed by atoms with Crippen LogP contribution >= 0.6 is 0 Å². The Bertz CT molecular complexity index is 2640. The molecule has 1 unspecified atom stereocenters. The second-order valence-electron chi connectivity index (χ2n) is 13.4. The fourth-order valence-electron chi connectivity index (χ4n) is 7.05. The molecule has 5 aromatic carbocycles. The summed E-state index contributed by atoms with van der Waals surface area (Å²) in [5.74, 6) is -0.196. The van der Waals surface area contributed by atoms with E-state index in [2.05, 4.69) is 66.6 Å². The number of benzene rings is 5. The molecule has 0 radical (unpaired) electrons. The molecule has 1 fully saturated rings. The molecule has 0 bridgehead atoms. The van der Waals surface area contributed by atoms with Gasteiger partial charge in [0, 0.05) is 66.8 Å². The van der Waals surface area contributed by atoms with Gasteiger partial charge in [0.25, 0.3) is 15.9 Å². The Balaban J connectivity index is 1.05. The number of amides is 1. The van der Waals surface area contributed by atoms with Crippen molar-refractivity contribution >= 4 is 49.6 Å². The van der Waals surface area contributed by atoms with Gasteiger partial charge in [-0.25, -0.2) is 13.1 Å². The summed E-state index contributed by atoms with van der Waals surface area (Å²) < 4.78 is 35.8. The van der Waals surface area contributed by atoms with Crippen molar-refractivity contribution in [3.63, 3.8) is 0 Å². The number of ether oxygens (including phenoxy) is 1. The third kappa shape index (κ3) is 7.93. The van der Waals surface area contributed by atoms with E-state index in [0.29, 0.717) is 30.0 Å². The van der Waals surface area contributed by atoms with Crippen molar-refractivity contribution in [3.05, 3.63) is 179 Å². The van der Waals surface area contributed by atoms with E-state index in [1.54, 1.807) is 18.2 Å². The van der Waals surface area contributed by atoms with Crippen LogP contribution < -0.4 is 25.2 Å². The van der Waals surface area contributed by atoms with Gasteiger partial charge in [-0.05, 0) is 90.0 Å². The number of fused-ring (bicyclic) bond motifs is 1. The minimum atomic E-state index is -4.40. The molecule has 280 valence electrons. The number of aromatic amines is 1. The summed E-state index contributed by atoms with van der Waals surface area (Å²) >= 11 is 0. The van der Waals surface area contributed by atoms with Gasteiger partial charge in [-0.1, -0.05) is 60.0 Å². The van der Waals surface area contributed by atoms with Crippen LogP contribution in [0.5, 0.6) is 11.5 Å². The predicted molar refractivity (Wildman–Crippen MR) is 218 cm³/mol. The van der Waals surface area contributed by atoms with Crippen molar-refractivity contribution < 1.29 is 23.4 Å². The Morgan fingerprint density at radius 2 is 1.64 bits per heavy atom. The van der Waals surface area contributed by atoms with Crippen molar-refractivity contribution in [2.75, 3.05) is 36.4 Å². The van der Waals surface area contributed by atoms with Crippen LogP contribution in [0.3, 0.4) is 0 Å². The maximum absolute atomic E-state index is 13.9. The van der Waals surface area contributed by atoms with Crippen molar-refractivity contribution in [1.29, 1.82) is 0 Å². The third-order valence-electron chi connectivity index (χ3n) is 9.86. The van der Waals surface area contributed by atoms with Gasteiger partial charge in [0.2, 0.25) is 0 Å². The van der Waals surface area contributed by atoms with Crippen molar-refractivity contribution in [2.24, 2.45) is 0 Å². The van der Waals surface area contributed by atoms with E-state index in [0.717, 1.165) is 40.9 Å². The van der Waals surface area contributed by atoms with Crippen LogP contribution in [0.15, 0.2) is 168 Å². The summed E-state index contributed by atoms with van der Waals surface area (Å²) in [7, 11) is -4.40. The number of allylic oxidation sites excluding steroid dienone is 2. The number of nitrogens with two attached hydrogens (primary N) is 1. The SMILES string of the molecule is O=C(NS(=O)(=O)c1ccc(Nc2ccccc2)c([NH2+][O-])c1)c1ccc(N2CCN(C(C3=CC=C=C=C3)c3ccccc3)CC2)cc1Oc1ccc2[nH]ccc2c1. The average Bonchev–Trinajstić information content (AvgIpc) is 3.70. The van der Waals surface area contributed by atoms with E-state index in [9.17, 15) is 18.4 Å². The zero-order valence-electron chi connectivity index (χ0n) is 30.2. The van der Waals surface area contributed by atoms with E-state index in [4.69, 9.17) is 4.74 Å². The highest BCUT2D eigenvalue weighted by molar-refractivity contribution is 7.90. The van der Waals surface area contributed by atoms with E-state index in [-0.39, 0.29) is 27.9 Å². The van der Waals surface area contributed by atoms with Crippen molar-refractivity contribution in [1.82, 2.24) is 14.6 Å². The number of anilines is 3. The highest BCUT2D eigenvalue weighted by atomic mass is 32.2. The molecule has 2 heterocycles. The lowest BCUT2D eigenvalue weighted by Gasteiger charge is -2.41. The van der Waals surface area contributed by atoms with Crippen LogP contribution in [0.2, 0.25) is 0 Å². The second kappa shape index (κ2) is 16.0. The number of hydrogen-bond donors (Lipinski definition) is 4. The molecule has 0 saturated carbocycles. The zero-order chi connectivity index (χ0) is 38.5. The van der Waals surface area contributed by atoms with Crippen LogP contribution in [0.1, 0.15) is 22.0 Å². The monoisotopic (exact) mass is 762 g/mol. The number of quaternary nitrogens is 1. The number of hydrogen-bond acceptors (Lipinski definition) is 8. The lowest BCUT2D eigenvalue weighted by Crippen LogP contribution is -2.70. The summed E-state index contributed by atoms with van der Waals surface area (Å²) in [6, 6.07) is 36.4. The number of rotatable bonds is 12. The molecule has 11 nitrogen and oxygen atoms in total. The first-order valence-corrected chi connectivity index (χ1v) is 19.6. The van der Waals surface area contributed by atoms with E-state index >= 15 is 0 Å². The standard InChI is InChI=1S/C44H38N6O5S/c51-44(48-56(53,54)37-18-21-40(41(30-37)47-52)46-34-14-8-3-9-15-34)38-19-16-35(29-42(38)55-36-17-20-39-33(28-36)22-23-45-39)49-24-26-50(27-25-49)43(31-10-4-1-5-11-31)32-12-6-2-7-13-32/h1,3-6,8-23,28-30,43,45-46H,24-27,47H2,(H,48,51). The van der Waals surface area contributed by atoms with Crippen LogP contribution in [0.25, 0.3) is 10.9 Å². The van der Waals surface area contributed by atoms with E-state index in [1.165, 1.54) is 23.8 Å². The average molecular weight is 763 g/mol. The molecule has 1 aromatic heterocycles. The van der Waals surface area contributed by atoms with Gasteiger partial charge in [0.1, 0.15) is 17.2 Å². The van der Waals surface area contributed by atoms with Crippen LogP contribution in [-0.2, 0) is 10.0 Å². The molecule has 1 amide bonds. The number of piperazine rings is 1. The molecule has 12 heteroatoms. The first kappa shape index (κ1) is 36.4. The summed E-state index contributed by atoms with van der Waals surface area (Å²) in [6.07, 6.45) is 7.79. The normalized spacial score (nSPS) is 14.7. The molecule has 2 aliphatic rings. The number of para-hydroxylation sites is 1. The number of sulfonamides is 1. The molecule has 56 heavy (non-hydrogen) atoms. The minimum Gasteiger partial charge on any atom is -0.630 e. The molecule has 8 rings (SSSR count). The number of nitrogens with one attached hydrogen (secondary N) is 3. The van der Waals surface area contributed by atoms with Crippen molar-refractivity contribution in [3.8, 4) is 11.5 Å². The quantitative estimate of drug-likeness (QED) is 0.0583. The maximum atomic E-state index is 13.9. The van der Waals surface area contributed by atoms with E-state index < -0.39 is 15.9 Å². The van der Waals surface area contributed by atoms with Gasteiger partial charge < -0.3 is 30.6 Å².